The van der Waals surface area contributed by atoms with Gasteiger partial charge >= 0.3 is 0 Å². The highest BCUT2D eigenvalue weighted by Gasteiger charge is 2.23. The highest BCUT2D eigenvalue weighted by atomic mass is 16.5. The minimum absolute atomic E-state index is 0.177. The maximum atomic E-state index is 12.3. The largest absolute Gasteiger partial charge is 0.472 e. The third kappa shape index (κ3) is 2.84. The molecule has 0 aromatic carbocycles. The Balaban J connectivity index is 1.34. The molecule has 3 aromatic heterocycles. The first-order valence-corrected chi connectivity index (χ1v) is 8.12. The molecule has 7 nitrogen and oxygen atoms in total. The zero-order valence-corrected chi connectivity index (χ0v) is 13.2. The van der Waals surface area contributed by atoms with Crippen molar-refractivity contribution in [1.82, 2.24) is 20.3 Å². The Morgan fingerprint density at radius 2 is 2.21 bits per heavy atom. The molecule has 0 saturated carbocycles. The Labute approximate surface area is 138 Å². The number of hydrogen-bond donors (Lipinski definition) is 1. The molecule has 0 saturated heterocycles. The van der Waals surface area contributed by atoms with Crippen molar-refractivity contribution >= 4 is 5.91 Å². The number of nitrogens with zero attached hydrogens (tertiary/aromatic N) is 3. The van der Waals surface area contributed by atoms with Gasteiger partial charge in [0.15, 0.2) is 5.69 Å². The van der Waals surface area contributed by atoms with Gasteiger partial charge in [-0.3, -0.25) is 9.48 Å². The van der Waals surface area contributed by atoms with Crippen LogP contribution in [-0.2, 0) is 19.4 Å². The van der Waals surface area contributed by atoms with Gasteiger partial charge < -0.3 is 14.3 Å². The summed E-state index contributed by atoms with van der Waals surface area (Å²) in [6.45, 7) is 1.07. The molecule has 0 aliphatic heterocycles. The van der Waals surface area contributed by atoms with Gasteiger partial charge in [-0.1, -0.05) is 5.16 Å². The van der Waals surface area contributed by atoms with Gasteiger partial charge in [-0.25, -0.2) is 0 Å². The van der Waals surface area contributed by atoms with Gasteiger partial charge in [0.1, 0.15) is 5.76 Å². The minimum Gasteiger partial charge on any atom is -0.472 e. The predicted octanol–water partition coefficient (Wildman–Crippen LogP) is 2.44. The van der Waals surface area contributed by atoms with Crippen molar-refractivity contribution < 1.29 is 13.7 Å². The first kappa shape index (κ1) is 14.7. The lowest BCUT2D eigenvalue weighted by Gasteiger charge is -2.09. The summed E-state index contributed by atoms with van der Waals surface area (Å²) in [7, 11) is 0. The second kappa shape index (κ2) is 6.35. The molecule has 1 aliphatic rings. The van der Waals surface area contributed by atoms with Gasteiger partial charge in [-0.2, -0.15) is 5.10 Å². The van der Waals surface area contributed by atoms with Crippen molar-refractivity contribution in [1.29, 1.82) is 0 Å². The van der Waals surface area contributed by atoms with E-state index >= 15 is 0 Å². The fourth-order valence-electron chi connectivity index (χ4n) is 2.99. The normalized spacial score (nSPS) is 13.7. The molecular weight excluding hydrogens is 308 g/mol. The Morgan fingerprint density at radius 3 is 3.08 bits per heavy atom. The van der Waals surface area contributed by atoms with Crippen LogP contribution >= 0.6 is 0 Å². The number of rotatable bonds is 5. The molecule has 4 rings (SSSR count). The zero-order chi connectivity index (χ0) is 16.4. The van der Waals surface area contributed by atoms with E-state index in [0.29, 0.717) is 18.8 Å². The number of carbonyl (C=O) groups is 1. The zero-order valence-electron chi connectivity index (χ0n) is 13.2. The molecule has 1 amide bonds. The average Bonchev–Trinajstić information content (AvgIpc) is 3.34. The Bertz CT molecular complexity index is 832. The summed E-state index contributed by atoms with van der Waals surface area (Å²) in [5.74, 6) is 0.687. The average molecular weight is 326 g/mol. The minimum atomic E-state index is -0.177. The fourth-order valence-corrected chi connectivity index (χ4v) is 2.99. The molecule has 0 bridgehead atoms. The quantitative estimate of drug-likeness (QED) is 0.778. The van der Waals surface area contributed by atoms with E-state index in [1.807, 2.05) is 12.3 Å². The molecule has 7 heteroatoms. The van der Waals surface area contributed by atoms with Crippen molar-refractivity contribution in [3.8, 4) is 11.1 Å². The van der Waals surface area contributed by atoms with E-state index in [9.17, 15) is 4.79 Å². The van der Waals surface area contributed by atoms with Crippen LogP contribution in [0.1, 0.15) is 34.7 Å². The van der Waals surface area contributed by atoms with Gasteiger partial charge in [-0.15, -0.1) is 0 Å². The third-order valence-electron chi connectivity index (χ3n) is 4.28. The Hall–Kier alpha value is -2.83. The second-order valence-corrected chi connectivity index (χ2v) is 5.90. The summed E-state index contributed by atoms with van der Waals surface area (Å²) in [5.41, 5.74) is 3.38. The maximum Gasteiger partial charge on any atom is 0.273 e. The Kier molecular flexibility index (Phi) is 3.90. The van der Waals surface area contributed by atoms with Crippen molar-refractivity contribution in [2.24, 2.45) is 0 Å². The molecule has 24 heavy (non-hydrogen) atoms. The molecule has 1 N–H and O–H groups in total. The maximum absolute atomic E-state index is 12.3. The number of aromatic nitrogens is 3. The van der Waals surface area contributed by atoms with E-state index in [1.165, 1.54) is 0 Å². The molecule has 0 spiro atoms. The topological polar surface area (TPSA) is 86.1 Å². The van der Waals surface area contributed by atoms with Crippen molar-refractivity contribution in [2.75, 3.05) is 6.54 Å². The number of amides is 1. The van der Waals surface area contributed by atoms with Gasteiger partial charge in [0.25, 0.3) is 5.91 Å². The van der Waals surface area contributed by atoms with Crippen LogP contribution < -0.4 is 5.32 Å². The number of furan rings is 1. The van der Waals surface area contributed by atoms with Gasteiger partial charge in [-0.05, 0) is 25.3 Å². The second-order valence-electron chi connectivity index (χ2n) is 5.90. The molecule has 0 fully saturated rings. The predicted molar refractivity (Wildman–Crippen MR) is 85.4 cm³/mol. The van der Waals surface area contributed by atoms with E-state index < -0.39 is 0 Å². The van der Waals surface area contributed by atoms with Crippen LogP contribution in [0.3, 0.4) is 0 Å². The number of fused-ring (bicyclic) bond motifs is 1. The SMILES string of the molecule is O=C(NCCn1cc(-c2ccoc2)cn1)c1noc2c1CCCC2. The standard InChI is InChI=1S/C17H18N4O3/c22-17(16-14-3-1-2-4-15(14)24-20-16)18-6-7-21-10-13(9-19-21)12-5-8-23-11-12/h5,8-11H,1-4,6-7H2,(H,18,22). The molecule has 0 atom stereocenters. The Morgan fingerprint density at radius 1 is 1.29 bits per heavy atom. The molecule has 0 radical (unpaired) electrons. The van der Waals surface area contributed by atoms with Crippen LogP contribution in [0.4, 0.5) is 0 Å². The molecule has 0 unspecified atom stereocenters. The van der Waals surface area contributed by atoms with Crippen LogP contribution in [0.5, 0.6) is 0 Å². The van der Waals surface area contributed by atoms with Crippen LogP contribution in [0, 0.1) is 0 Å². The summed E-state index contributed by atoms with van der Waals surface area (Å²) in [6, 6.07) is 1.89. The summed E-state index contributed by atoms with van der Waals surface area (Å²) < 4.78 is 12.1. The monoisotopic (exact) mass is 326 g/mol. The third-order valence-corrected chi connectivity index (χ3v) is 4.28. The lowest BCUT2D eigenvalue weighted by Crippen LogP contribution is -2.28. The van der Waals surface area contributed by atoms with E-state index in [-0.39, 0.29) is 5.91 Å². The lowest BCUT2D eigenvalue weighted by atomic mass is 9.96. The highest BCUT2D eigenvalue weighted by molar-refractivity contribution is 5.93. The summed E-state index contributed by atoms with van der Waals surface area (Å²) in [5, 5.41) is 11.1. The van der Waals surface area contributed by atoms with E-state index in [2.05, 4.69) is 15.6 Å². The smallest absolute Gasteiger partial charge is 0.273 e. The van der Waals surface area contributed by atoms with E-state index in [1.54, 1.807) is 23.4 Å². The summed E-state index contributed by atoms with van der Waals surface area (Å²) in [4.78, 5) is 12.3. The van der Waals surface area contributed by atoms with Crippen LogP contribution in [0.25, 0.3) is 11.1 Å². The lowest BCUT2D eigenvalue weighted by molar-refractivity contribution is 0.0942. The first-order chi connectivity index (χ1) is 11.8. The molecule has 124 valence electrons. The van der Waals surface area contributed by atoms with Crippen LogP contribution in [0.15, 0.2) is 39.9 Å². The fraction of sp³-hybridized carbons (Fsp3) is 0.353. The first-order valence-electron chi connectivity index (χ1n) is 8.12. The van der Waals surface area contributed by atoms with Gasteiger partial charge in [0.2, 0.25) is 0 Å². The molecular formula is C17H18N4O3. The number of carbonyl (C=O) groups excluding carboxylic acids is 1. The van der Waals surface area contributed by atoms with Crippen molar-refractivity contribution in [2.45, 2.75) is 32.2 Å². The number of aryl methyl sites for hydroxylation is 1. The van der Waals surface area contributed by atoms with Gasteiger partial charge in [0.05, 0.1) is 25.3 Å². The van der Waals surface area contributed by atoms with Crippen LogP contribution in [0.2, 0.25) is 0 Å². The van der Waals surface area contributed by atoms with Crippen molar-refractivity contribution in [3.05, 3.63) is 48.0 Å². The van der Waals surface area contributed by atoms with E-state index in [4.69, 9.17) is 8.94 Å². The van der Waals surface area contributed by atoms with E-state index in [0.717, 1.165) is 48.1 Å². The number of hydrogen-bond acceptors (Lipinski definition) is 5. The molecule has 3 aromatic rings. The summed E-state index contributed by atoms with van der Waals surface area (Å²) >= 11 is 0. The van der Waals surface area contributed by atoms with Crippen LogP contribution in [-0.4, -0.2) is 27.4 Å². The number of nitrogens with one attached hydrogen (secondary N) is 1. The van der Waals surface area contributed by atoms with Crippen molar-refractivity contribution in [3.63, 3.8) is 0 Å². The molecule has 1 aliphatic carbocycles. The van der Waals surface area contributed by atoms with Gasteiger partial charge in [0, 0.05) is 35.9 Å². The highest BCUT2D eigenvalue weighted by Crippen LogP contribution is 2.24. The molecule has 3 heterocycles. The summed E-state index contributed by atoms with van der Waals surface area (Å²) in [6.07, 6.45) is 10.9.